The van der Waals surface area contributed by atoms with Crippen molar-refractivity contribution in [3.05, 3.63) is 35.9 Å². The number of piperidine rings is 1. The summed E-state index contributed by atoms with van der Waals surface area (Å²) in [5.74, 6) is -0.0614. The van der Waals surface area contributed by atoms with Gasteiger partial charge in [-0.3, -0.25) is 4.79 Å². The molecule has 1 fully saturated rings. The average Bonchev–Trinajstić information content (AvgIpc) is 2.53. The van der Waals surface area contributed by atoms with E-state index in [0.29, 0.717) is 16.9 Å². The Kier molecular flexibility index (Phi) is 7.31. The van der Waals surface area contributed by atoms with E-state index in [4.69, 9.17) is 10.5 Å². The van der Waals surface area contributed by atoms with Crippen molar-refractivity contribution in [3.63, 3.8) is 0 Å². The van der Waals surface area contributed by atoms with Crippen molar-refractivity contribution in [1.82, 2.24) is 4.90 Å². The highest BCUT2D eigenvalue weighted by Crippen LogP contribution is 2.32. The largest absolute Gasteiger partial charge is 0.497 e. The van der Waals surface area contributed by atoms with Crippen LogP contribution in [-0.4, -0.2) is 42.7 Å². The van der Waals surface area contributed by atoms with E-state index >= 15 is 0 Å². The molecule has 4 nitrogen and oxygen atoms in total. The van der Waals surface area contributed by atoms with Gasteiger partial charge in [-0.15, -0.1) is 12.4 Å². The van der Waals surface area contributed by atoms with E-state index in [0.717, 1.165) is 4.90 Å². The van der Waals surface area contributed by atoms with Crippen molar-refractivity contribution in [2.75, 3.05) is 13.7 Å². The Bertz CT molecular complexity index is 635. The number of ether oxygens (including phenoxy) is 1. The molecule has 0 spiro atoms. The third-order valence-electron chi connectivity index (χ3n) is 4.14. The van der Waals surface area contributed by atoms with E-state index in [1.807, 2.05) is 0 Å². The van der Waals surface area contributed by atoms with Crippen molar-refractivity contribution in [3.8, 4) is 5.75 Å². The number of nitrogens with two attached hydrogens (primary N) is 1. The Balaban J connectivity index is 0.00000312. The number of hydrogen-bond acceptors (Lipinski definition) is 3. The Hall–Kier alpha value is -1.73. The first-order valence-electron chi connectivity index (χ1n) is 7.68. The second-order valence-electron chi connectivity index (χ2n) is 5.94. The first-order valence-corrected chi connectivity index (χ1v) is 7.68. The number of alkyl halides is 3. The first kappa shape index (κ1) is 21.3. The lowest BCUT2D eigenvalue weighted by molar-refractivity contribution is -0.194. The van der Waals surface area contributed by atoms with Crippen LogP contribution in [0.4, 0.5) is 13.2 Å². The molecule has 2 unspecified atom stereocenters. The number of likely N-dealkylation sites (tertiary alicyclic amines) is 1. The third kappa shape index (κ3) is 5.37. The molecule has 0 saturated carbocycles. The van der Waals surface area contributed by atoms with Gasteiger partial charge in [0.2, 0.25) is 5.91 Å². The zero-order chi connectivity index (χ0) is 17.9. The molecular weight excluding hydrogens is 357 g/mol. The quantitative estimate of drug-likeness (QED) is 0.820. The summed E-state index contributed by atoms with van der Waals surface area (Å²) < 4.78 is 44.6. The van der Waals surface area contributed by atoms with Crippen LogP contribution in [0.2, 0.25) is 0 Å². The maximum atomic E-state index is 13.2. The van der Waals surface area contributed by atoms with Gasteiger partial charge < -0.3 is 15.4 Å². The van der Waals surface area contributed by atoms with E-state index < -0.39 is 24.2 Å². The molecule has 1 saturated heterocycles. The fourth-order valence-electron chi connectivity index (χ4n) is 2.80. The van der Waals surface area contributed by atoms with Gasteiger partial charge in [-0.05, 0) is 43.0 Å². The Morgan fingerprint density at radius 2 is 2.04 bits per heavy atom. The summed E-state index contributed by atoms with van der Waals surface area (Å²) in [6.45, 7) is 1.59. The molecule has 1 amide bonds. The minimum Gasteiger partial charge on any atom is -0.497 e. The average molecular weight is 379 g/mol. The van der Waals surface area contributed by atoms with Crippen LogP contribution in [0.15, 0.2) is 30.3 Å². The normalized spacial score (nSPS) is 21.5. The Labute approximate surface area is 151 Å². The summed E-state index contributed by atoms with van der Waals surface area (Å²) in [5, 5.41) is 0. The van der Waals surface area contributed by atoms with Crippen molar-refractivity contribution in [1.29, 1.82) is 0 Å². The fourth-order valence-corrected chi connectivity index (χ4v) is 2.80. The molecule has 1 aliphatic rings. The van der Waals surface area contributed by atoms with E-state index in [1.54, 1.807) is 31.2 Å². The van der Waals surface area contributed by atoms with Gasteiger partial charge in [-0.2, -0.15) is 13.2 Å². The summed E-state index contributed by atoms with van der Waals surface area (Å²) in [6.07, 6.45) is -3.13. The van der Waals surface area contributed by atoms with Gasteiger partial charge in [0.1, 0.15) is 11.8 Å². The molecule has 1 aliphatic heterocycles. The van der Waals surface area contributed by atoms with Gasteiger partial charge in [0, 0.05) is 18.7 Å². The molecule has 1 heterocycles. The molecule has 25 heavy (non-hydrogen) atoms. The molecule has 0 aromatic heterocycles. The highest BCUT2D eigenvalue weighted by molar-refractivity contribution is 5.95. The number of benzene rings is 1. The van der Waals surface area contributed by atoms with Crippen LogP contribution in [0.1, 0.15) is 25.3 Å². The summed E-state index contributed by atoms with van der Waals surface area (Å²) in [6, 6.07) is 4.79. The summed E-state index contributed by atoms with van der Waals surface area (Å²) >= 11 is 0. The minimum atomic E-state index is -4.45. The molecule has 2 N–H and O–H groups in total. The van der Waals surface area contributed by atoms with E-state index in [2.05, 4.69) is 0 Å². The Morgan fingerprint density at radius 1 is 1.36 bits per heavy atom. The standard InChI is InChI=1S/C17H21F3N2O2.ClH/c1-11(12-4-3-5-14(9-12)24-2)8-16(23)22-10-13(21)6-7-15(22)17(18,19)20;/h3-5,8-9,13,15H,6-7,10,21H2,1-2H3;1H. The second-order valence-corrected chi connectivity index (χ2v) is 5.94. The summed E-state index contributed by atoms with van der Waals surface area (Å²) in [7, 11) is 1.52. The smallest absolute Gasteiger partial charge is 0.408 e. The number of amides is 1. The number of carbonyl (C=O) groups excluding carboxylic acids is 1. The maximum Gasteiger partial charge on any atom is 0.408 e. The van der Waals surface area contributed by atoms with Crippen LogP contribution in [0.5, 0.6) is 5.75 Å². The molecule has 1 aromatic rings. The van der Waals surface area contributed by atoms with E-state index in [-0.39, 0.29) is 31.8 Å². The number of rotatable bonds is 3. The van der Waals surface area contributed by atoms with Crippen LogP contribution >= 0.6 is 12.4 Å². The molecule has 0 aliphatic carbocycles. The lowest BCUT2D eigenvalue weighted by Crippen LogP contribution is -2.56. The Morgan fingerprint density at radius 3 is 2.64 bits per heavy atom. The molecule has 0 radical (unpaired) electrons. The SMILES string of the molecule is COc1cccc(C(C)=CC(=O)N2CC(N)CCC2C(F)(F)F)c1.Cl. The molecule has 0 bridgehead atoms. The van der Waals surface area contributed by atoms with Crippen LogP contribution in [0, 0.1) is 0 Å². The van der Waals surface area contributed by atoms with Gasteiger partial charge in [0.15, 0.2) is 0 Å². The van der Waals surface area contributed by atoms with Crippen molar-refractivity contribution in [2.24, 2.45) is 5.73 Å². The van der Waals surface area contributed by atoms with Crippen LogP contribution in [0.3, 0.4) is 0 Å². The van der Waals surface area contributed by atoms with E-state index in [1.165, 1.54) is 13.2 Å². The van der Waals surface area contributed by atoms with Gasteiger partial charge in [0.05, 0.1) is 7.11 Å². The highest BCUT2D eigenvalue weighted by atomic mass is 35.5. The number of nitrogens with zero attached hydrogens (tertiary/aromatic N) is 1. The topological polar surface area (TPSA) is 55.6 Å². The maximum absolute atomic E-state index is 13.2. The third-order valence-corrected chi connectivity index (χ3v) is 4.14. The van der Waals surface area contributed by atoms with Gasteiger partial charge in [-0.1, -0.05) is 12.1 Å². The van der Waals surface area contributed by atoms with Crippen LogP contribution < -0.4 is 10.5 Å². The number of hydrogen-bond donors (Lipinski definition) is 1. The van der Waals surface area contributed by atoms with Gasteiger partial charge in [0.25, 0.3) is 0 Å². The number of allylic oxidation sites excluding steroid dienone is 1. The van der Waals surface area contributed by atoms with Gasteiger partial charge >= 0.3 is 6.18 Å². The number of methoxy groups -OCH3 is 1. The molecular formula is C17H22ClF3N2O2. The number of carbonyl (C=O) groups is 1. The summed E-state index contributed by atoms with van der Waals surface area (Å²) in [4.78, 5) is 13.2. The lowest BCUT2D eigenvalue weighted by atomic mass is 9.97. The molecule has 2 rings (SSSR count). The number of halogens is 4. The van der Waals surface area contributed by atoms with Gasteiger partial charge in [-0.25, -0.2) is 0 Å². The lowest BCUT2D eigenvalue weighted by Gasteiger charge is -2.38. The fraction of sp³-hybridized carbons (Fsp3) is 0.471. The first-order chi connectivity index (χ1) is 11.2. The van der Waals surface area contributed by atoms with E-state index in [9.17, 15) is 18.0 Å². The predicted molar refractivity (Wildman–Crippen MR) is 92.7 cm³/mol. The van der Waals surface area contributed by atoms with Crippen LogP contribution in [-0.2, 0) is 4.79 Å². The monoisotopic (exact) mass is 378 g/mol. The molecule has 1 aromatic carbocycles. The van der Waals surface area contributed by atoms with Crippen molar-refractivity contribution >= 4 is 23.9 Å². The van der Waals surface area contributed by atoms with Crippen LogP contribution in [0.25, 0.3) is 5.57 Å². The molecule has 8 heteroatoms. The highest BCUT2D eigenvalue weighted by Gasteiger charge is 2.47. The zero-order valence-electron chi connectivity index (χ0n) is 14.0. The summed E-state index contributed by atoms with van der Waals surface area (Å²) in [5.41, 5.74) is 7.03. The minimum absolute atomic E-state index is 0. The van der Waals surface area contributed by atoms with Crippen molar-refractivity contribution in [2.45, 2.75) is 38.0 Å². The predicted octanol–water partition coefficient (Wildman–Crippen LogP) is 3.40. The molecule has 140 valence electrons. The van der Waals surface area contributed by atoms with Crippen molar-refractivity contribution < 1.29 is 22.7 Å². The zero-order valence-corrected chi connectivity index (χ0v) is 14.9. The second kappa shape index (κ2) is 8.58. The molecule has 2 atom stereocenters.